The average molecular weight is 290 g/mol. The molecule has 0 aliphatic carbocycles. The molecule has 0 fully saturated rings. The topological polar surface area (TPSA) is 35.5 Å². The van der Waals surface area contributed by atoms with E-state index in [9.17, 15) is 13.2 Å². The Morgan fingerprint density at radius 2 is 2.05 bits per heavy atom. The lowest BCUT2D eigenvalue weighted by molar-refractivity contribution is 0.0763. The summed E-state index contributed by atoms with van der Waals surface area (Å²) in [5.41, 5.74) is 0.786. The summed E-state index contributed by atoms with van der Waals surface area (Å²) in [5.74, 6) is -0.317. The van der Waals surface area contributed by atoms with E-state index in [1.54, 1.807) is 19.2 Å². The van der Waals surface area contributed by atoms with E-state index in [1.165, 1.54) is 17.0 Å². The first kappa shape index (κ1) is 16.9. The molecule has 2 N–H and O–H groups in total. The van der Waals surface area contributed by atoms with Gasteiger partial charge in [-0.2, -0.15) is 0 Å². The van der Waals surface area contributed by atoms with Gasteiger partial charge in [-0.15, -0.1) is 0 Å². The number of alkyl halides is 2. The SMILES string of the molecule is CNC(CCN(CCO)CC(F)F)c1cccc(F)c1. The van der Waals surface area contributed by atoms with E-state index < -0.39 is 6.43 Å². The summed E-state index contributed by atoms with van der Waals surface area (Å²) in [7, 11) is 1.75. The Kier molecular flexibility index (Phi) is 7.58. The minimum atomic E-state index is -2.43. The summed E-state index contributed by atoms with van der Waals surface area (Å²) in [6.45, 7) is 0.105. The first-order chi connectivity index (χ1) is 9.56. The highest BCUT2D eigenvalue weighted by Crippen LogP contribution is 2.18. The lowest BCUT2D eigenvalue weighted by Gasteiger charge is -2.24. The van der Waals surface area contributed by atoms with Crippen molar-refractivity contribution >= 4 is 0 Å². The second-order valence-electron chi connectivity index (χ2n) is 4.60. The van der Waals surface area contributed by atoms with Crippen molar-refractivity contribution in [2.75, 3.05) is 33.3 Å². The van der Waals surface area contributed by atoms with Crippen LogP contribution in [0.2, 0.25) is 0 Å². The molecule has 20 heavy (non-hydrogen) atoms. The summed E-state index contributed by atoms with van der Waals surface area (Å²) >= 11 is 0. The van der Waals surface area contributed by atoms with E-state index >= 15 is 0 Å². The molecule has 0 radical (unpaired) electrons. The van der Waals surface area contributed by atoms with E-state index in [0.29, 0.717) is 13.0 Å². The van der Waals surface area contributed by atoms with Gasteiger partial charge in [0.2, 0.25) is 0 Å². The Labute approximate surface area is 117 Å². The van der Waals surface area contributed by atoms with Crippen LogP contribution in [0.25, 0.3) is 0 Å². The van der Waals surface area contributed by atoms with Gasteiger partial charge in [-0.25, -0.2) is 13.2 Å². The average Bonchev–Trinajstić information content (AvgIpc) is 2.39. The molecule has 0 heterocycles. The largest absolute Gasteiger partial charge is 0.395 e. The van der Waals surface area contributed by atoms with Gasteiger partial charge in [0.1, 0.15) is 5.82 Å². The number of rotatable bonds is 9. The fourth-order valence-electron chi connectivity index (χ4n) is 2.14. The molecule has 1 aromatic rings. The molecular formula is C14H21F3N2O. The van der Waals surface area contributed by atoms with Crippen molar-refractivity contribution in [3.05, 3.63) is 35.6 Å². The van der Waals surface area contributed by atoms with Crippen molar-refractivity contribution in [2.24, 2.45) is 0 Å². The summed E-state index contributed by atoms with van der Waals surface area (Å²) in [6.07, 6.45) is -1.86. The van der Waals surface area contributed by atoms with E-state index in [1.807, 2.05) is 0 Å². The van der Waals surface area contributed by atoms with Gasteiger partial charge >= 0.3 is 0 Å². The van der Waals surface area contributed by atoms with Crippen LogP contribution in [0.15, 0.2) is 24.3 Å². The van der Waals surface area contributed by atoms with Crippen LogP contribution >= 0.6 is 0 Å². The van der Waals surface area contributed by atoms with Gasteiger partial charge in [-0.3, -0.25) is 4.90 Å². The van der Waals surface area contributed by atoms with Crippen LogP contribution in [0.5, 0.6) is 0 Å². The van der Waals surface area contributed by atoms with Crippen LogP contribution < -0.4 is 5.32 Å². The van der Waals surface area contributed by atoms with Gasteiger partial charge in [-0.1, -0.05) is 12.1 Å². The van der Waals surface area contributed by atoms with Crippen LogP contribution in [0.4, 0.5) is 13.2 Å². The number of nitrogens with one attached hydrogen (secondary N) is 1. The normalized spacial score (nSPS) is 13.2. The number of hydrogen-bond acceptors (Lipinski definition) is 3. The zero-order valence-corrected chi connectivity index (χ0v) is 11.5. The molecule has 0 spiro atoms. The second kappa shape index (κ2) is 8.94. The Balaban J connectivity index is 2.58. The fourth-order valence-corrected chi connectivity index (χ4v) is 2.14. The molecule has 0 aliphatic rings. The second-order valence-corrected chi connectivity index (χ2v) is 4.60. The zero-order chi connectivity index (χ0) is 15.0. The molecule has 1 unspecified atom stereocenters. The Bertz CT molecular complexity index is 390. The summed E-state index contributed by atoms with van der Waals surface area (Å²) in [6, 6.07) is 6.12. The maximum Gasteiger partial charge on any atom is 0.251 e. The molecule has 6 heteroatoms. The van der Waals surface area contributed by atoms with E-state index in [-0.39, 0.29) is 31.6 Å². The molecule has 0 saturated carbocycles. The molecule has 0 amide bonds. The molecule has 0 aliphatic heterocycles. The number of aliphatic hydroxyl groups is 1. The third-order valence-corrected chi connectivity index (χ3v) is 3.15. The van der Waals surface area contributed by atoms with Crippen molar-refractivity contribution in [2.45, 2.75) is 18.9 Å². The molecule has 1 atom stereocenters. The Morgan fingerprint density at radius 3 is 2.60 bits per heavy atom. The molecular weight excluding hydrogens is 269 g/mol. The van der Waals surface area contributed by atoms with E-state index in [0.717, 1.165) is 5.56 Å². The van der Waals surface area contributed by atoms with Gasteiger partial charge < -0.3 is 10.4 Å². The maximum absolute atomic E-state index is 13.2. The van der Waals surface area contributed by atoms with Gasteiger partial charge in [0.15, 0.2) is 0 Å². The summed E-state index contributed by atoms with van der Waals surface area (Å²) < 4.78 is 38.0. The lowest BCUT2D eigenvalue weighted by Crippen LogP contribution is -2.34. The summed E-state index contributed by atoms with van der Waals surface area (Å²) in [4.78, 5) is 1.51. The zero-order valence-electron chi connectivity index (χ0n) is 11.5. The van der Waals surface area contributed by atoms with Crippen LogP contribution in [-0.2, 0) is 0 Å². The first-order valence-corrected chi connectivity index (χ1v) is 6.61. The van der Waals surface area contributed by atoms with Crippen molar-refractivity contribution in [1.82, 2.24) is 10.2 Å². The Hall–Kier alpha value is -1.11. The molecule has 1 aromatic carbocycles. The standard InChI is InChI=1S/C14H21F3N2O/c1-18-13(11-3-2-4-12(15)9-11)5-6-19(7-8-20)10-14(16)17/h2-4,9,13-14,18,20H,5-8,10H2,1H3. The highest BCUT2D eigenvalue weighted by atomic mass is 19.3. The third kappa shape index (κ3) is 5.90. The lowest BCUT2D eigenvalue weighted by atomic mass is 10.0. The van der Waals surface area contributed by atoms with Crippen molar-refractivity contribution in [1.29, 1.82) is 0 Å². The van der Waals surface area contributed by atoms with Crippen molar-refractivity contribution in [3.8, 4) is 0 Å². The van der Waals surface area contributed by atoms with Gasteiger partial charge in [0.25, 0.3) is 6.43 Å². The molecule has 1 rings (SSSR count). The minimum Gasteiger partial charge on any atom is -0.395 e. The third-order valence-electron chi connectivity index (χ3n) is 3.15. The van der Waals surface area contributed by atoms with E-state index in [4.69, 9.17) is 5.11 Å². The predicted molar refractivity (Wildman–Crippen MR) is 72.3 cm³/mol. The number of hydrogen-bond donors (Lipinski definition) is 2. The van der Waals surface area contributed by atoms with Gasteiger partial charge in [0, 0.05) is 19.1 Å². The van der Waals surface area contributed by atoms with Gasteiger partial charge in [0.05, 0.1) is 13.2 Å². The first-order valence-electron chi connectivity index (χ1n) is 6.61. The minimum absolute atomic E-state index is 0.107. The number of halogens is 3. The highest BCUT2D eigenvalue weighted by molar-refractivity contribution is 5.20. The summed E-state index contributed by atoms with van der Waals surface area (Å²) in [5, 5.41) is 11.9. The smallest absolute Gasteiger partial charge is 0.251 e. The van der Waals surface area contributed by atoms with Gasteiger partial charge in [-0.05, 0) is 31.2 Å². The van der Waals surface area contributed by atoms with Crippen molar-refractivity contribution in [3.63, 3.8) is 0 Å². The molecule has 0 bridgehead atoms. The maximum atomic E-state index is 13.2. The highest BCUT2D eigenvalue weighted by Gasteiger charge is 2.15. The fraction of sp³-hybridized carbons (Fsp3) is 0.571. The number of aliphatic hydroxyl groups excluding tert-OH is 1. The van der Waals surface area contributed by atoms with Crippen molar-refractivity contribution < 1.29 is 18.3 Å². The van der Waals surface area contributed by atoms with Crippen LogP contribution in [0.3, 0.4) is 0 Å². The quantitative estimate of drug-likeness (QED) is 0.730. The number of benzene rings is 1. The van der Waals surface area contributed by atoms with Crippen LogP contribution in [-0.4, -0.2) is 49.7 Å². The van der Waals surface area contributed by atoms with E-state index in [2.05, 4.69) is 5.32 Å². The number of nitrogens with zero attached hydrogens (tertiary/aromatic N) is 1. The monoisotopic (exact) mass is 290 g/mol. The van der Waals surface area contributed by atoms with Crippen LogP contribution in [0, 0.1) is 5.82 Å². The molecule has 114 valence electrons. The molecule has 0 aromatic heterocycles. The van der Waals surface area contributed by atoms with Crippen LogP contribution in [0.1, 0.15) is 18.0 Å². The Morgan fingerprint density at radius 1 is 1.30 bits per heavy atom. The predicted octanol–water partition coefficient (Wildman–Crippen LogP) is 2.04. The molecule has 0 saturated heterocycles. The molecule has 3 nitrogen and oxygen atoms in total.